The van der Waals surface area contributed by atoms with Gasteiger partial charge in [-0.2, -0.15) is 11.8 Å². The average molecular weight is 460 g/mol. The topological polar surface area (TPSA) is 139 Å². The van der Waals surface area contributed by atoms with E-state index in [2.05, 4.69) is 10.6 Å². The number of thioether (sulfide) groups is 1. The first kappa shape index (κ1) is 24.9. The molecule has 10 heteroatoms. The molecule has 9 nitrogen and oxygen atoms in total. The van der Waals surface area contributed by atoms with Crippen molar-refractivity contribution in [2.75, 3.05) is 17.3 Å². The van der Waals surface area contributed by atoms with Crippen LogP contribution in [0, 0.1) is 10.1 Å². The van der Waals surface area contributed by atoms with Gasteiger partial charge in [0.25, 0.3) is 11.6 Å². The van der Waals surface area contributed by atoms with Crippen LogP contribution in [0.4, 0.5) is 11.4 Å². The number of nitro benzene ring substituents is 1. The van der Waals surface area contributed by atoms with E-state index in [9.17, 15) is 29.6 Å². The van der Waals surface area contributed by atoms with Crippen molar-refractivity contribution in [1.82, 2.24) is 5.32 Å². The lowest BCUT2D eigenvalue weighted by Gasteiger charge is -2.14. The zero-order chi connectivity index (χ0) is 23.5. The number of carbonyl (C=O) groups excluding carboxylic acids is 2. The monoisotopic (exact) mass is 459 g/mol. The van der Waals surface area contributed by atoms with Gasteiger partial charge in [0.15, 0.2) is 0 Å². The highest BCUT2D eigenvalue weighted by atomic mass is 32.2. The molecule has 2 aromatic carbocycles. The van der Waals surface area contributed by atoms with Crippen molar-refractivity contribution in [3.63, 3.8) is 0 Å². The molecule has 0 bridgehead atoms. The summed E-state index contributed by atoms with van der Waals surface area (Å²) in [4.78, 5) is 45.9. The third-order valence-corrected chi connectivity index (χ3v) is 5.31. The van der Waals surface area contributed by atoms with Crippen molar-refractivity contribution < 1.29 is 24.4 Å². The first-order chi connectivity index (χ1) is 15.3. The number of carboxylic acid groups (broad SMARTS) is 1. The Kier molecular flexibility index (Phi) is 9.68. The number of benzene rings is 2. The summed E-state index contributed by atoms with van der Waals surface area (Å²) < 4.78 is 0. The maximum Gasteiger partial charge on any atom is 0.326 e. The molecule has 0 aliphatic rings. The lowest BCUT2D eigenvalue weighted by atomic mass is 10.1. The number of rotatable bonds is 12. The fourth-order valence-corrected chi connectivity index (χ4v) is 3.37. The fourth-order valence-electron chi connectivity index (χ4n) is 2.90. The minimum absolute atomic E-state index is 0.0297. The summed E-state index contributed by atoms with van der Waals surface area (Å²) in [5.74, 6) is -1.14. The second-order valence-electron chi connectivity index (χ2n) is 7.05. The number of nitro groups is 1. The van der Waals surface area contributed by atoms with Crippen molar-refractivity contribution in [2.45, 2.75) is 31.7 Å². The summed E-state index contributed by atoms with van der Waals surface area (Å²) in [5, 5.41) is 25.1. The number of aryl methyl sites for hydroxylation is 1. The summed E-state index contributed by atoms with van der Waals surface area (Å²) in [5.41, 5.74) is 1.77. The molecule has 0 heterocycles. The Morgan fingerprint density at radius 1 is 1.09 bits per heavy atom. The largest absolute Gasteiger partial charge is 0.480 e. The lowest BCUT2D eigenvalue weighted by Crippen LogP contribution is -2.41. The number of anilines is 1. The minimum Gasteiger partial charge on any atom is -0.480 e. The highest BCUT2D eigenvalue weighted by Crippen LogP contribution is 2.15. The van der Waals surface area contributed by atoms with E-state index in [1.54, 1.807) is 24.3 Å². The standard InChI is InChI=1S/C22H25N3O6S/c1-32-14-13-19(22(28)29)24-21(27)16-7-9-17(10-8-16)23-20(26)4-2-3-15-5-11-18(12-6-15)25(30)31/h5-12,19H,2-4,13-14H2,1H3,(H,23,26)(H,24,27)(H,28,29)/t19-/m0/s1. The van der Waals surface area contributed by atoms with Crippen molar-refractivity contribution in [1.29, 1.82) is 0 Å². The maximum atomic E-state index is 12.3. The molecule has 0 aliphatic carbocycles. The Hall–Kier alpha value is -3.40. The first-order valence-corrected chi connectivity index (χ1v) is 11.4. The molecule has 1 atom stereocenters. The van der Waals surface area contributed by atoms with Crippen molar-refractivity contribution in [2.24, 2.45) is 0 Å². The van der Waals surface area contributed by atoms with E-state index in [1.165, 1.54) is 36.0 Å². The summed E-state index contributed by atoms with van der Waals surface area (Å²) in [7, 11) is 0. The SMILES string of the molecule is CSCC[C@H](NC(=O)c1ccc(NC(=O)CCCc2ccc([N+](=O)[O-])cc2)cc1)C(=O)O. The Labute approximate surface area is 189 Å². The van der Waals surface area contributed by atoms with Gasteiger partial charge in [-0.25, -0.2) is 4.79 Å². The number of amides is 2. The van der Waals surface area contributed by atoms with Crippen molar-refractivity contribution >= 4 is 40.9 Å². The van der Waals surface area contributed by atoms with Crippen molar-refractivity contribution in [3.05, 3.63) is 69.8 Å². The molecule has 170 valence electrons. The average Bonchev–Trinajstić information content (AvgIpc) is 2.77. The van der Waals surface area contributed by atoms with Gasteiger partial charge in [-0.3, -0.25) is 19.7 Å². The van der Waals surface area contributed by atoms with E-state index in [1.807, 2.05) is 6.26 Å². The molecule has 0 saturated carbocycles. The van der Waals surface area contributed by atoms with Crippen LogP contribution < -0.4 is 10.6 Å². The summed E-state index contributed by atoms with van der Waals surface area (Å²) in [6.45, 7) is 0. The van der Waals surface area contributed by atoms with Crippen LogP contribution in [-0.2, 0) is 16.0 Å². The summed E-state index contributed by atoms with van der Waals surface area (Å²) in [6.07, 6.45) is 3.66. The quantitative estimate of drug-likeness (QED) is 0.326. The number of non-ortho nitro benzene ring substituents is 1. The highest BCUT2D eigenvalue weighted by Gasteiger charge is 2.20. The molecule has 0 saturated heterocycles. The molecule has 2 amide bonds. The van der Waals surface area contributed by atoms with Crippen LogP contribution in [0.3, 0.4) is 0 Å². The Bertz CT molecular complexity index is 947. The smallest absolute Gasteiger partial charge is 0.326 e. The second-order valence-corrected chi connectivity index (χ2v) is 8.03. The van der Waals surface area contributed by atoms with E-state index >= 15 is 0 Å². The normalized spacial score (nSPS) is 11.4. The first-order valence-electron chi connectivity index (χ1n) is 9.96. The molecule has 0 unspecified atom stereocenters. The van der Waals surface area contributed by atoms with Crippen LogP contribution in [0.2, 0.25) is 0 Å². The zero-order valence-electron chi connectivity index (χ0n) is 17.6. The molecule has 32 heavy (non-hydrogen) atoms. The number of nitrogens with one attached hydrogen (secondary N) is 2. The van der Waals surface area contributed by atoms with Crippen LogP contribution in [-0.4, -0.2) is 45.9 Å². The third kappa shape index (κ3) is 8.03. The lowest BCUT2D eigenvalue weighted by molar-refractivity contribution is -0.384. The molecule has 0 fully saturated rings. The number of hydrogen-bond acceptors (Lipinski definition) is 6. The number of hydrogen-bond donors (Lipinski definition) is 3. The van der Waals surface area contributed by atoms with Crippen LogP contribution in [0.1, 0.15) is 35.2 Å². The zero-order valence-corrected chi connectivity index (χ0v) is 18.4. The molecule has 0 aliphatic heterocycles. The summed E-state index contributed by atoms with van der Waals surface area (Å²) in [6, 6.07) is 11.5. The van der Waals surface area contributed by atoms with Gasteiger partial charge in [0, 0.05) is 29.8 Å². The van der Waals surface area contributed by atoms with E-state index in [0.717, 1.165) is 5.56 Å². The Balaban J connectivity index is 1.80. The molecular weight excluding hydrogens is 434 g/mol. The van der Waals surface area contributed by atoms with Gasteiger partial charge in [0.2, 0.25) is 5.91 Å². The van der Waals surface area contributed by atoms with E-state index in [4.69, 9.17) is 0 Å². The molecular formula is C22H25N3O6S. The number of carboxylic acids is 1. The predicted molar refractivity (Wildman–Crippen MR) is 123 cm³/mol. The van der Waals surface area contributed by atoms with Crippen LogP contribution in [0.5, 0.6) is 0 Å². The number of nitrogens with zero attached hydrogens (tertiary/aromatic N) is 1. The molecule has 2 aromatic rings. The molecule has 0 spiro atoms. The molecule has 0 aromatic heterocycles. The van der Waals surface area contributed by atoms with Gasteiger partial charge in [0.1, 0.15) is 6.04 Å². The van der Waals surface area contributed by atoms with E-state index in [0.29, 0.717) is 36.3 Å². The van der Waals surface area contributed by atoms with Gasteiger partial charge in [0.05, 0.1) is 4.92 Å². The third-order valence-electron chi connectivity index (χ3n) is 4.66. The van der Waals surface area contributed by atoms with Crippen LogP contribution in [0.15, 0.2) is 48.5 Å². The van der Waals surface area contributed by atoms with Gasteiger partial charge in [-0.05, 0) is 61.1 Å². The molecule has 0 radical (unpaired) electrons. The van der Waals surface area contributed by atoms with Gasteiger partial charge >= 0.3 is 5.97 Å². The number of aliphatic carboxylic acids is 1. The fraction of sp³-hybridized carbons (Fsp3) is 0.318. The van der Waals surface area contributed by atoms with Gasteiger partial charge < -0.3 is 15.7 Å². The number of carbonyl (C=O) groups is 3. The van der Waals surface area contributed by atoms with Gasteiger partial charge in [-0.1, -0.05) is 12.1 Å². The van der Waals surface area contributed by atoms with E-state index in [-0.39, 0.29) is 18.0 Å². The molecule has 3 N–H and O–H groups in total. The van der Waals surface area contributed by atoms with Gasteiger partial charge in [-0.15, -0.1) is 0 Å². The molecule has 2 rings (SSSR count). The second kappa shape index (κ2) is 12.5. The van der Waals surface area contributed by atoms with Crippen LogP contribution in [0.25, 0.3) is 0 Å². The van der Waals surface area contributed by atoms with Crippen molar-refractivity contribution in [3.8, 4) is 0 Å². The maximum absolute atomic E-state index is 12.3. The minimum atomic E-state index is -1.08. The Morgan fingerprint density at radius 3 is 2.31 bits per heavy atom. The highest BCUT2D eigenvalue weighted by molar-refractivity contribution is 7.98. The Morgan fingerprint density at radius 2 is 1.75 bits per heavy atom. The van der Waals surface area contributed by atoms with E-state index < -0.39 is 22.8 Å². The van der Waals surface area contributed by atoms with Crippen LogP contribution >= 0.6 is 11.8 Å². The predicted octanol–water partition coefficient (Wildman–Crippen LogP) is 3.49. The summed E-state index contributed by atoms with van der Waals surface area (Å²) >= 11 is 1.50.